The van der Waals surface area contributed by atoms with E-state index in [4.69, 9.17) is 0 Å². The molecule has 1 aliphatic heterocycles. The molecule has 0 radical (unpaired) electrons. The summed E-state index contributed by atoms with van der Waals surface area (Å²) in [5.74, 6) is -3.01. The van der Waals surface area contributed by atoms with Crippen molar-refractivity contribution in [3.8, 4) is 0 Å². The molecule has 1 N–H and O–H groups in total. The second kappa shape index (κ2) is 4.24. The minimum atomic E-state index is -4.49. The molecule has 82 valence electrons. The summed E-state index contributed by atoms with van der Waals surface area (Å²) >= 11 is 0. The summed E-state index contributed by atoms with van der Waals surface area (Å²) in [4.78, 5) is 25.4. The van der Waals surface area contributed by atoms with Crippen LogP contribution in [-0.2, 0) is 9.59 Å². The van der Waals surface area contributed by atoms with Gasteiger partial charge in [-0.1, -0.05) is 6.08 Å². The predicted molar refractivity (Wildman–Crippen MR) is 45.2 cm³/mol. The molecule has 7 heteroatoms. The lowest BCUT2D eigenvalue weighted by atomic mass is 10.1. The Bertz CT molecular complexity index is 333. The maximum Gasteiger partial charge on any atom is 0.405 e. The minimum absolute atomic E-state index is 0.767. The van der Waals surface area contributed by atoms with Gasteiger partial charge in [0, 0.05) is 6.21 Å². The maximum atomic E-state index is 11.7. The van der Waals surface area contributed by atoms with E-state index in [-0.39, 0.29) is 0 Å². The maximum absolute atomic E-state index is 11.7. The number of rotatable bonds is 2. The molecule has 0 aromatic rings. The molecule has 2 amide bonds. The Kier molecular flexibility index (Phi) is 3.23. The molecule has 0 spiro atoms. The molecule has 1 rings (SSSR count). The molecule has 0 saturated heterocycles. The van der Waals surface area contributed by atoms with Crippen molar-refractivity contribution in [2.45, 2.75) is 6.18 Å². The highest BCUT2D eigenvalue weighted by Crippen LogP contribution is 2.13. The molecule has 1 heterocycles. The van der Waals surface area contributed by atoms with Crippen molar-refractivity contribution < 1.29 is 22.8 Å². The standard InChI is InChI=1S/C8H7F3N2O2/c9-8(10,11)4-13-7(15)5-2-1-3-12-6(5)14/h1-3,5H,4H2,(H,13,15). The lowest BCUT2D eigenvalue weighted by Gasteiger charge is -2.12. The first-order chi connectivity index (χ1) is 6.90. The van der Waals surface area contributed by atoms with Crippen molar-refractivity contribution in [1.82, 2.24) is 5.32 Å². The Labute approximate surface area is 82.9 Å². The van der Waals surface area contributed by atoms with Crippen LogP contribution in [0.1, 0.15) is 0 Å². The normalized spacial score (nSPS) is 20.5. The first-order valence-corrected chi connectivity index (χ1v) is 3.99. The molecule has 0 bridgehead atoms. The van der Waals surface area contributed by atoms with Gasteiger partial charge in [-0.25, -0.2) is 4.99 Å². The topological polar surface area (TPSA) is 58.5 Å². The zero-order valence-corrected chi connectivity index (χ0v) is 7.41. The van der Waals surface area contributed by atoms with Crippen LogP contribution in [0.25, 0.3) is 0 Å². The first-order valence-electron chi connectivity index (χ1n) is 3.99. The Morgan fingerprint density at radius 1 is 1.53 bits per heavy atom. The molecule has 1 atom stereocenters. The van der Waals surface area contributed by atoms with Crippen LogP contribution in [0.4, 0.5) is 13.2 Å². The van der Waals surface area contributed by atoms with Gasteiger partial charge in [0.15, 0.2) is 0 Å². The second-order valence-electron chi connectivity index (χ2n) is 2.81. The minimum Gasteiger partial charge on any atom is -0.346 e. The molecule has 15 heavy (non-hydrogen) atoms. The van der Waals surface area contributed by atoms with E-state index in [0.29, 0.717) is 0 Å². The van der Waals surface area contributed by atoms with E-state index in [2.05, 4.69) is 4.99 Å². The van der Waals surface area contributed by atoms with Crippen molar-refractivity contribution in [3.05, 3.63) is 12.2 Å². The highest BCUT2D eigenvalue weighted by Gasteiger charge is 2.31. The smallest absolute Gasteiger partial charge is 0.346 e. The summed E-state index contributed by atoms with van der Waals surface area (Å²) in [6, 6.07) is 0. The van der Waals surface area contributed by atoms with Gasteiger partial charge < -0.3 is 5.32 Å². The quantitative estimate of drug-likeness (QED) is 0.687. The van der Waals surface area contributed by atoms with Crippen LogP contribution in [0.5, 0.6) is 0 Å². The fraction of sp³-hybridized carbons (Fsp3) is 0.375. The van der Waals surface area contributed by atoms with Gasteiger partial charge in [-0.05, 0) is 6.08 Å². The number of hydrogen-bond acceptors (Lipinski definition) is 2. The zero-order chi connectivity index (χ0) is 11.5. The molecule has 1 unspecified atom stereocenters. The van der Waals surface area contributed by atoms with Crippen molar-refractivity contribution >= 4 is 18.0 Å². The van der Waals surface area contributed by atoms with Gasteiger partial charge in [-0.3, -0.25) is 9.59 Å². The van der Waals surface area contributed by atoms with Crippen molar-refractivity contribution in [2.24, 2.45) is 10.9 Å². The summed E-state index contributed by atoms with van der Waals surface area (Å²) in [7, 11) is 0. The zero-order valence-electron chi connectivity index (χ0n) is 7.41. The fourth-order valence-electron chi connectivity index (χ4n) is 0.937. The van der Waals surface area contributed by atoms with Crippen LogP contribution in [0, 0.1) is 5.92 Å². The number of allylic oxidation sites excluding steroid dienone is 1. The summed E-state index contributed by atoms with van der Waals surface area (Å²) in [5, 5.41) is 1.61. The Hall–Kier alpha value is -1.66. The number of carbonyl (C=O) groups excluding carboxylic acids is 2. The average Bonchev–Trinajstić information content (AvgIpc) is 2.14. The summed E-state index contributed by atoms with van der Waals surface area (Å²) < 4.78 is 35.2. The number of aliphatic imine (C=N–C) groups is 1. The number of halogens is 3. The third-order valence-electron chi connectivity index (χ3n) is 1.60. The van der Waals surface area contributed by atoms with E-state index in [1.807, 2.05) is 0 Å². The van der Waals surface area contributed by atoms with Gasteiger partial charge in [0.05, 0.1) is 0 Å². The number of carbonyl (C=O) groups is 2. The van der Waals surface area contributed by atoms with Crippen LogP contribution in [0.15, 0.2) is 17.1 Å². The van der Waals surface area contributed by atoms with E-state index < -0.39 is 30.5 Å². The highest BCUT2D eigenvalue weighted by molar-refractivity contribution is 6.07. The molecule has 1 aliphatic rings. The van der Waals surface area contributed by atoms with Crippen molar-refractivity contribution in [2.75, 3.05) is 6.54 Å². The van der Waals surface area contributed by atoms with Crippen LogP contribution in [0.2, 0.25) is 0 Å². The van der Waals surface area contributed by atoms with Gasteiger partial charge in [0.25, 0.3) is 5.91 Å². The molecule has 0 aromatic carbocycles. The predicted octanol–water partition coefficient (Wildman–Crippen LogP) is 0.448. The van der Waals surface area contributed by atoms with E-state index in [1.165, 1.54) is 18.4 Å². The highest BCUT2D eigenvalue weighted by atomic mass is 19.4. The Morgan fingerprint density at radius 3 is 2.73 bits per heavy atom. The number of amides is 2. The third kappa shape index (κ3) is 3.53. The summed E-state index contributed by atoms with van der Waals surface area (Å²) in [5.41, 5.74) is 0. The molecular formula is C8H7F3N2O2. The largest absolute Gasteiger partial charge is 0.405 e. The summed E-state index contributed by atoms with van der Waals surface area (Å²) in [6.07, 6.45) is -0.781. The van der Waals surface area contributed by atoms with E-state index in [1.54, 1.807) is 5.32 Å². The molecule has 0 aromatic heterocycles. The molecule has 0 fully saturated rings. The summed E-state index contributed by atoms with van der Waals surface area (Å²) in [6.45, 7) is -1.45. The van der Waals surface area contributed by atoms with Gasteiger partial charge >= 0.3 is 6.18 Å². The fourth-order valence-corrected chi connectivity index (χ4v) is 0.937. The van der Waals surface area contributed by atoms with Gasteiger partial charge in [-0.15, -0.1) is 0 Å². The number of nitrogens with one attached hydrogen (secondary N) is 1. The number of hydrogen-bond donors (Lipinski definition) is 1. The van der Waals surface area contributed by atoms with Crippen LogP contribution in [0.3, 0.4) is 0 Å². The van der Waals surface area contributed by atoms with Gasteiger partial charge in [-0.2, -0.15) is 13.2 Å². The van der Waals surface area contributed by atoms with Crippen LogP contribution in [-0.4, -0.2) is 30.8 Å². The second-order valence-corrected chi connectivity index (χ2v) is 2.81. The Morgan fingerprint density at radius 2 is 2.20 bits per heavy atom. The average molecular weight is 220 g/mol. The van der Waals surface area contributed by atoms with Crippen LogP contribution >= 0.6 is 0 Å². The van der Waals surface area contributed by atoms with E-state index in [0.717, 1.165) is 0 Å². The molecular weight excluding hydrogens is 213 g/mol. The lowest BCUT2D eigenvalue weighted by Crippen LogP contribution is -2.39. The lowest BCUT2D eigenvalue weighted by molar-refractivity contribution is -0.142. The molecule has 0 aliphatic carbocycles. The van der Waals surface area contributed by atoms with Crippen molar-refractivity contribution in [3.63, 3.8) is 0 Å². The van der Waals surface area contributed by atoms with Crippen molar-refractivity contribution in [1.29, 1.82) is 0 Å². The Balaban J connectivity index is 2.51. The van der Waals surface area contributed by atoms with Gasteiger partial charge in [0.1, 0.15) is 12.5 Å². The number of dihydropyridines is 1. The van der Waals surface area contributed by atoms with Crippen LogP contribution < -0.4 is 5.32 Å². The van der Waals surface area contributed by atoms with E-state index in [9.17, 15) is 22.8 Å². The van der Waals surface area contributed by atoms with Gasteiger partial charge in [0.2, 0.25) is 5.91 Å². The SMILES string of the molecule is O=C1N=CC=CC1C(=O)NCC(F)(F)F. The van der Waals surface area contributed by atoms with E-state index >= 15 is 0 Å². The molecule has 0 saturated carbocycles. The number of alkyl halides is 3. The third-order valence-corrected chi connectivity index (χ3v) is 1.60. The molecule has 4 nitrogen and oxygen atoms in total. The number of nitrogens with zero attached hydrogens (tertiary/aromatic N) is 1. The first kappa shape index (κ1) is 11.4. The monoisotopic (exact) mass is 220 g/mol.